The Hall–Kier alpha value is -2.58. The molecule has 4 nitrogen and oxygen atoms in total. The lowest BCUT2D eigenvalue weighted by molar-refractivity contribution is 0.612. The van der Waals surface area contributed by atoms with E-state index in [0.29, 0.717) is 5.92 Å². The molecule has 2 aromatic carbocycles. The summed E-state index contributed by atoms with van der Waals surface area (Å²) in [5, 5.41) is 10.7. The van der Waals surface area contributed by atoms with Crippen LogP contribution in [0.15, 0.2) is 57.8 Å². The summed E-state index contributed by atoms with van der Waals surface area (Å²) in [6.45, 7) is 1.70. The minimum absolute atomic E-state index is 0.230. The first-order valence-electron chi connectivity index (χ1n) is 9.62. The Morgan fingerprint density at radius 1 is 1.11 bits per heavy atom. The molecule has 2 heterocycles. The second kappa shape index (κ2) is 7.81. The van der Waals surface area contributed by atoms with Crippen LogP contribution in [-0.4, -0.2) is 17.7 Å². The number of pyridine rings is 1. The van der Waals surface area contributed by atoms with Gasteiger partial charge >= 0.3 is 0 Å². The van der Waals surface area contributed by atoms with Crippen LogP contribution in [-0.2, 0) is 7.05 Å². The maximum atomic E-state index is 12.9. The first-order chi connectivity index (χ1) is 13.6. The maximum Gasteiger partial charge on any atom is 0.270 e. The fourth-order valence-corrected chi connectivity index (χ4v) is 4.65. The lowest BCUT2D eigenvalue weighted by Crippen LogP contribution is -2.30. The highest BCUT2D eigenvalue weighted by molar-refractivity contribution is 9.10. The number of aryl methyl sites for hydroxylation is 1. The van der Waals surface area contributed by atoms with Gasteiger partial charge in [-0.15, -0.1) is 0 Å². The summed E-state index contributed by atoms with van der Waals surface area (Å²) in [6.07, 6.45) is 3.18. The number of anilines is 1. The lowest BCUT2D eigenvalue weighted by atomic mass is 9.92. The average Bonchev–Trinajstić information content (AvgIpc) is 2.97. The summed E-state index contributed by atoms with van der Waals surface area (Å²) in [6, 6.07) is 18.8. The van der Waals surface area contributed by atoms with Gasteiger partial charge < -0.3 is 9.47 Å². The molecule has 1 saturated heterocycles. The van der Waals surface area contributed by atoms with E-state index in [1.807, 2.05) is 18.2 Å². The Morgan fingerprint density at radius 2 is 1.89 bits per heavy atom. The van der Waals surface area contributed by atoms with Gasteiger partial charge in [-0.3, -0.25) is 4.79 Å². The molecule has 1 aliphatic rings. The van der Waals surface area contributed by atoms with Crippen molar-refractivity contribution in [2.45, 2.75) is 25.2 Å². The van der Waals surface area contributed by atoms with Crippen LogP contribution >= 0.6 is 15.9 Å². The molecule has 0 aliphatic carbocycles. The summed E-state index contributed by atoms with van der Waals surface area (Å²) < 4.78 is 2.50. The van der Waals surface area contributed by atoms with Crippen molar-refractivity contribution in [3.8, 4) is 6.07 Å². The van der Waals surface area contributed by atoms with Gasteiger partial charge in [-0.1, -0.05) is 46.3 Å². The first-order valence-corrected chi connectivity index (χ1v) is 10.4. The van der Waals surface area contributed by atoms with Crippen molar-refractivity contribution in [2.75, 3.05) is 18.0 Å². The van der Waals surface area contributed by atoms with Crippen LogP contribution in [0.4, 0.5) is 5.69 Å². The molecule has 0 N–H and O–H groups in total. The van der Waals surface area contributed by atoms with Crippen molar-refractivity contribution in [1.29, 1.82) is 5.26 Å². The number of aromatic nitrogens is 1. The normalized spacial score (nSPS) is 17.3. The van der Waals surface area contributed by atoms with E-state index in [0.717, 1.165) is 53.4 Å². The minimum atomic E-state index is -0.230. The van der Waals surface area contributed by atoms with Crippen LogP contribution in [0.25, 0.3) is 10.9 Å². The predicted octanol–water partition coefficient (Wildman–Crippen LogP) is 4.95. The van der Waals surface area contributed by atoms with E-state index in [-0.39, 0.29) is 11.1 Å². The summed E-state index contributed by atoms with van der Waals surface area (Å²) in [7, 11) is 1.73. The minimum Gasteiger partial charge on any atom is -0.370 e. The summed E-state index contributed by atoms with van der Waals surface area (Å²) in [4.78, 5) is 15.1. The molecule has 142 valence electrons. The smallest absolute Gasteiger partial charge is 0.270 e. The molecule has 28 heavy (non-hydrogen) atoms. The van der Waals surface area contributed by atoms with E-state index in [1.165, 1.54) is 5.56 Å². The van der Waals surface area contributed by atoms with Crippen LogP contribution in [0.5, 0.6) is 0 Å². The lowest BCUT2D eigenvalue weighted by Gasteiger charge is -2.26. The van der Waals surface area contributed by atoms with Gasteiger partial charge in [0, 0.05) is 30.0 Å². The van der Waals surface area contributed by atoms with E-state index in [9.17, 15) is 10.1 Å². The summed E-state index contributed by atoms with van der Waals surface area (Å²) in [5.41, 5.74) is 3.03. The molecule has 0 amide bonds. The average molecular weight is 436 g/mol. The molecule has 1 atom stereocenters. The maximum absolute atomic E-state index is 12.9. The second-order valence-electron chi connectivity index (χ2n) is 7.39. The van der Waals surface area contributed by atoms with Gasteiger partial charge in [-0.2, -0.15) is 5.26 Å². The molecular formula is C23H22BrN3O. The van der Waals surface area contributed by atoms with Crippen LogP contribution < -0.4 is 10.5 Å². The zero-order valence-corrected chi connectivity index (χ0v) is 17.4. The zero-order valence-electron chi connectivity index (χ0n) is 15.9. The Kier molecular flexibility index (Phi) is 5.23. The van der Waals surface area contributed by atoms with E-state index in [2.05, 4.69) is 57.2 Å². The molecule has 1 fully saturated rings. The van der Waals surface area contributed by atoms with E-state index in [4.69, 9.17) is 0 Å². The monoisotopic (exact) mass is 435 g/mol. The second-order valence-corrected chi connectivity index (χ2v) is 8.30. The van der Waals surface area contributed by atoms with Crippen molar-refractivity contribution in [3.05, 3.63) is 74.5 Å². The summed E-state index contributed by atoms with van der Waals surface area (Å²) in [5.74, 6) is 0.517. The third kappa shape index (κ3) is 3.33. The van der Waals surface area contributed by atoms with E-state index in [1.54, 1.807) is 11.6 Å². The third-order valence-corrected chi connectivity index (χ3v) is 6.25. The van der Waals surface area contributed by atoms with E-state index >= 15 is 0 Å². The molecule has 1 aromatic heterocycles. The van der Waals surface area contributed by atoms with Gasteiger partial charge in [0.1, 0.15) is 11.6 Å². The number of benzene rings is 2. The number of fused-ring (bicyclic) bond motifs is 1. The van der Waals surface area contributed by atoms with Crippen molar-refractivity contribution >= 4 is 32.5 Å². The number of hydrogen-bond donors (Lipinski definition) is 0. The molecule has 1 aliphatic heterocycles. The summed E-state index contributed by atoms with van der Waals surface area (Å²) >= 11 is 3.50. The number of halogens is 1. The zero-order chi connectivity index (χ0) is 19.7. The Bertz CT molecular complexity index is 1110. The number of nitrogens with zero attached hydrogens (tertiary/aromatic N) is 3. The largest absolute Gasteiger partial charge is 0.370 e. The van der Waals surface area contributed by atoms with Gasteiger partial charge in [0.15, 0.2) is 0 Å². The molecule has 3 aromatic rings. The van der Waals surface area contributed by atoms with Crippen LogP contribution in [0.3, 0.4) is 0 Å². The highest BCUT2D eigenvalue weighted by Gasteiger charge is 2.24. The van der Waals surface area contributed by atoms with Crippen LogP contribution in [0.1, 0.15) is 36.3 Å². The van der Waals surface area contributed by atoms with Crippen molar-refractivity contribution in [1.82, 2.24) is 4.57 Å². The SMILES string of the molecule is Cn1c(=O)c(C#N)c(N2CCC[C@@H](c3ccccc3)CC2)c2ccc(Br)cc21. The highest BCUT2D eigenvalue weighted by atomic mass is 79.9. The number of hydrogen-bond acceptors (Lipinski definition) is 3. The van der Waals surface area contributed by atoms with Crippen molar-refractivity contribution in [2.24, 2.45) is 7.05 Å². The predicted molar refractivity (Wildman–Crippen MR) is 117 cm³/mol. The standard InChI is InChI=1S/C23H22BrN3O/c1-26-21-14-18(24)9-10-19(21)22(20(15-25)23(26)28)27-12-5-8-17(11-13-27)16-6-3-2-4-7-16/h2-4,6-7,9-10,14,17H,5,8,11-13H2,1H3/t17-/m1/s1. The molecule has 0 radical (unpaired) electrons. The Morgan fingerprint density at radius 3 is 2.64 bits per heavy atom. The highest BCUT2D eigenvalue weighted by Crippen LogP contribution is 2.34. The fraction of sp³-hybridized carbons (Fsp3) is 0.304. The van der Waals surface area contributed by atoms with Crippen LogP contribution in [0.2, 0.25) is 0 Å². The van der Waals surface area contributed by atoms with Crippen molar-refractivity contribution < 1.29 is 0 Å². The van der Waals surface area contributed by atoms with Gasteiger partial charge in [0.05, 0.1) is 11.2 Å². The molecule has 4 rings (SSSR count). The quantitative estimate of drug-likeness (QED) is 0.572. The molecule has 0 unspecified atom stereocenters. The Balaban J connectivity index is 1.78. The molecule has 0 saturated carbocycles. The van der Waals surface area contributed by atoms with Gasteiger partial charge in [-0.05, 0) is 48.9 Å². The molecule has 5 heteroatoms. The molecular weight excluding hydrogens is 414 g/mol. The molecule has 0 spiro atoms. The van der Waals surface area contributed by atoms with Crippen molar-refractivity contribution in [3.63, 3.8) is 0 Å². The van der Waals surface area contributed by atoms with Gasteiger partial charge in [0.2, 0.25) is 0 Å². The van der Waals surface area contributed by atoms with E-state index < -0.39 is 0 Å². The third-order valence-electron chi connectivity index (χ3n) is 5.76. The fourth-order valence-electron chi connectivity index (χ4n) is 4.30. The van der Waals surface area contributed by atoms with Gasteiger partial charge in [-0.25, -0.2) is 0 Å². The number of nitriles is 1. The topological polar surface area (TPSA) is 49.0 Å². The first kappa shape index (κ1) is 18.8. The molecule has 0 bridgehead atoms. The van der Waals surface area contributed by atoms with Gasteiger partial charge in [0.25, 0.3) is 5.56 Å². The van der Waals surface area contributed by atoms with Crippen LogP contribution in [0, 0.1) is 11.3 Å². The number of rotatable bonds is 2. The Labute approximate surface area is 173 Å².